The van der Waals surface area contributed by atoms with Gasteiger partial charge in [0.25, 0.3) is 0 Å². The standard InChI is InChI=1S/C11H11N3O3/c15-11(16)6-3-8-7(14-5-6)4-9(17-8)10-12-1-2-13-10/h3-5,10,12-13H,1-2H2,(H,15,16). The fourth-order valence-electron chi connectivity index (χ4n) is 1.90. The summed E-state index contributed by atoms with van der Waals surface area (Å²) in [6.45, 7) is 1.77. The molecule has 0 aliphatic carbocycles. The number of hydrogen-bond donors (Lipinski definition) is 3. The monoisotopic (exact) mass is 233 g/mol. The molecule has 3 rings (SSSR count). The Morgan fingerprint density at radius 1 is 1.41 bits per heavy atom. The van der Waals surface area contributed by atoms with Crippen LogP contribution >= 0.6 is 0 Å². The first-order valence-corrected chi connectivity index (χ1v) is 5.33. The first kappa shape index (κ1) is 10.2. The van der Waals surface area contributed by atoms with Gasteiger partial charge in [0.2, 0.25) is 0 Å². The number of nitrogens with zero attached hydrogens (tertiary/aromatic N) is 1. The van der Waals surface area contributed by atoms with E-state index < -0.39 is 5.97 Å². The van der Waals surface area contributed by atoms with Gasteiger partial charge in [-0.2, -0.15) is 0 Å². The maximum absolute atomic E-state index is 10.8. The van der Waals surface area contributed by atoms with E-state index in [4.69, 9.17) is 9.52 Å². The fourth-order valence-corrected chi connectivity index (χ4v) is 1.90. The molecule has 3 heterocycles. The Morgan fingerprint density at radius 3 is 2.88 bits per heavy atom. The van der Waals surface area contributed by atoms with Crippen LogP contribution in [-0.2, 0) is 0 Å². The molecule has 6 heteroatoms. The normalized spacial score (nSPS) is 16.7. The third-order valence-electron chi connectivity index (χ3n) is 2.74. The molecule has 0 amide bonds. The molecule has 0 saturated carbocycles. The molecule has 2 aromatic rings. The van der Waals surface area contributed by atoms with E-state index in [0.717, 1.165) is 18.8 Å². The molecule has 17 heavy (non-hydrogen) atoms. The number of rotatable bonds is 2. The minimum atomic E-state index is -1.01. The van der Waals surface area contributed by atoms with Gasteiger partial charge in [0.1, 0.15) is 17.4 Å². The highest BCUT2D eigenvalue weighted by atomic mass is 16.4. The zero-order chi connectivity index (χ0) is 11.8. The SMILES string of the molecule is O=C(O)c1cnc2cc(C3NCCN3)oc2c1. The number of aromatic carboxylic acids is 1. The molecule has 0 atom stereocenters. The van der Waals surface area contributed by atoms with Crippen molar-refractivity contribution in [2.45, 2.75) is 6.17 Å². The number of furan rings is 1. The van der Waals surface area contributed by atoms with Crippen LogP contribution < -0.4 is 10.6 Å². The fraction of sp³-hybridized carbons (Fsp3) is 0.273. The predicted molar refractivity (Wildman–Crippen MR) is 59.7 cm³/mol. The van der Waals surface area contributed by atoms with Gasteiger partial charge in [-0.25, -0.2) is 4.79 Å². The summed E-state index contributed by atoms with van der Waals surface area (Å²) >= 11 is 0. The number of nitrogens with one attached hydrogen (secondary N) is 2. The van der Waals surface area contributed by atoms with E-state index in [0.29, 0.717) is 11.1 Å². The number of fused-ring (bicyclic) bond motifs is 1. The molecular formula is C11H11N3O3. The molecule has 1 fully saturated rings. The Labute approximate surface area is 96.6 Å². The first-order valence-electron chi connectivity index (χ1n) is 5.33. The smallest absolute Gasteiger partial charge is 0.337 e. The summed E-state index contributed by atoms with van der Waals surface area (Å²) in [4.78, 5) is 14.9. The Balaban J connectivity index is 2.03. The molecule has 0 aromatic carbocycles. The summed E-state index contributed by atoms with van der Waals surface area (Å²) in [6.07, 6.45) is 1.32. The number of aromatic nitrogens is 1. The van der Waals surface area contributed by atoms with E-state index in [2.05, 4.69) is 15.6 Å². The van der Waals surface area contributed by atoms with E-state index in [1.807, 2.05) is 6.07 Å². The number of carbonyl (C=O) groups is 1. The van der Waals surface area contributed by atoms with Crippen molar-refractivity contribution in [3.63, 3.8) is 0 Å². The van der Waals surface area contributed by atoms with Crippen molar-refractivity contribution < 1.29 is 14.3 Å². The van der Waals surface area contributed by atoms with Gasteiger partial charge in [-0.1, -0.05) is 0 Å². The molecular weight excluding hydrogens is 222 g/mol. The lowest BCUT2D eigenvalue weighted by atomic mass is 10.2. The van der Waals surface area contributed by atoms with Crippen molar-refractivity contribution in [1.29, 1.82) is 0 Å². The highest BCUT2D eigenvalue weighted by Crippen LogP contribution is 2.23. The molecule has 1 aliphatic rings. The summed E-state index contributed by atoms with van der Waals surface area (Å²) in [5, 5.41) is 15.3. The van der Waals surface area contributed by atoms with Crippen molar-refractivity contribution in [3.05, 3.63) is 29.7 Å². The van der Waals surface area contributed by atoms with Crippen LogP contribution in [0.2, 0.25) is 0 Å². The number of carboxylic acids is 1. The van der Waals surface area contributed by atoms with Crippen LogP contribution in [0.3, 0.4) is 0 Å². The van der Waals surface area contributed by atoms with Gasteiger partial charge in [-0.05, 0) is 6.07 Å². The largest absolute Gasteiger partial charge is 0.478 e. The lowest BCUT2D eigenvalue weighted by Gasteiger charge is -2.05. The number of pyridine rings is 1. The van der Waals surface area contributed by atoms with E-state index >= 15 is 0 Å². The zero-order valence-corrected chi connectivity index (χ0v) is 8.93. The van der Waals surface area contributed by atoms with Crippen molar-refractivity contribution in [1.82, 2.24) is 15.6 Å². The average Bonchev–Trinajstić information content (AvgIpc) is 2.96. The van der Waals surface area contributed by atoms with Crippen molar-refractivity contribution in [2.24, 2.45) is 0 Å². The van der Waals surface area contributed by atoms with Gasteiger partial charge in [0.15, 0.2) is 5.58 Å². The molecule has 3 N–H and O–H groups in total. The van der Waals surface area contributed by atoms with E-state index in [1.54, 1.807) is 0 Å². The molecule has 0 unspecified atom stereocenters. The Morgan fingerprint density at radius 2 is 2.18 bits per heavy atom. The topological polar surface area (TPSA) is 87.4 Å². The lowest BCUT2D eigenvalue weighted by Crippen LogP contribution is -2.20. The van der Waals surface area contributed by atoms with E-state index in [1.165, 1.54) is 12.3 Å². The van der Waals surface area contributed by atoms with Gasteiger partial charge in [-0.15, -0.1) is 0 Å². The zero-order valence-electron chi connectivity index (χ0n) is 8.93. The minimum Gasteiger partial charge on any atom is -0.478 e. The highest BCUT2D eigenvalue weighted by Gasteiger charge is 2.20. The first-order chi connectivity index (χ1) is 8.24. The average molecular weight is 233 g/mol. The molecule has 0 spiro atoms. The van der Waals surface area contributed by atoms with Gasteiger partial charge in [-0.3, -0.25) is 15.6 Å². The van der Waals surface area contributed by atoms with Crippen molar-refractivity contribution in [3.8, 4) is 0 Å². The van der Waals surface area contributed by atoms with E-state index in [-0.39, 0.29) is 11.7 Å². The van der Waals surface area contributed by atoms with Crippen LogP contribution in [0, 0.1) is 0 Å². The molecule has 88 valence electrons. The number of hydrogen-bond acceptors (Lipinski definition) is 5. The highest BCUT2D eigenvalue weighted by molar-refractivity contribution is 5.91. The second-order valence-electron chi connectivity index (χ2n) is 3.90. The third kappa shape index (κ3) is 1.77. The van der Waals surface area contributed by atoms with Gasteiger partial charge < -0.3 is 9.52 Å². The van der Waals surface area contributed by atoms with Crippen LogP contribution in [0.25, 0.3) is 11.1 Å². The maximum Gasteiger partial charge on any atom is 0.337 e. The Bertz CT molecular complexity index is 572. The summed E-state index contributed by atoms with van der Waals surface area (Å²) in [5.41, 5.74) is 1.29. The quantitative estimate of drug-likeness (QED) is 0.708. The Hall–Kier alpha value is -1.92. The molecule has 0 bridgehead atoms. The predicted octanol–water partition coefficient (Wildman–Crippen LogP) is 0.717. The minimum absolute atomic E-state index is 0.0162. The van der Waals surface area contributed by atoms with Gasteiger partial charge in [0, 0.05) is 25.4 Å². The molecule has 0 radical (unpaired) electrons. The van der Waals surface area contributed by atoms with E-state index in [9.17, 15) is 4.79 Å². The van der Waals surface area contributed by atoms with Crippen molar-refractivity contribution in [2.75, 3.05) is 13.1 Å². The van der Waals surface area contributed by atoms with Crippen molar-refractivity contribution >= 4 is 17.1 Å². The Kier molecular flexibility index (Phi) is 2.31. The van der Waals surface area contributed by atoms with Crippen LogP contribution in [-0.4, -0.2) is 29.1 Å². The summed E-state index contributed by atoms with van der Waals surface area (Å²) in [5.74, 6) is -0.276. The summed E-state index contributed by atoms with van der Waals surface area (Å²) in [7, 11) is 0. The molecule has 6 nitrogen and oxygen atoms in total. The maximum atomic E-state index is 10.8. The third-order valence-corrected chi connectivity index (χ3v) is 2.74. The van der Waals surface area contributed by atoms with Crippen LogP contribution in [0.4, 0.5) is 0 Å². The number of carboxylic acid groups (broad SMARTS) is 1. The summed E-state index contributed by atoms with van der Waals surface area (Å²) in [6, 6.07) is 3.31. The molecule has 1 aliphatic heterocycles. The second kappa shape index (κ2) is 3.83. The second-order valence-corrected chi connectivity index (χ2v) is 3.90. The van der Waals surface area contributed by atoms with Crippen LogP contribution in [0.15, 0.2) is 22.7 Å². The van der Waals surface area contributed by atoms with Crippen LogP contribution in [0.5, 0.6) is 0 Å². The van der Waals surface area contributed by atoms with Gasteiger partial charge >= 0.3 is 5.97 Å². The molecule has 1 saturated heterocycles. The molecule has 2 aromatic heterocycles. The van der Waals surface area contributed by atoms with Crippen LogP contribution in [0.1, 0.15) is 22.3 Å². The lowest BCUT2D eigenvalue weighted by molar-refractivity contribution is 0.0696. The summed E-state index contributed by atoms with van der Waals surface area (Å²) < 4.78 is 5.59. The van der Waals surface area contributed by atoms with Gasteiger partial charge in [0.05, 0.1) is 5.56 Å².